The average Bonchev–Trinajstić information content (AvgIpc) is 2.42. The van der Waals surface area contributed by atoms with Crippen LogP contribution in [0.2, 0.25) is 0 Å². The van der Waals surface area contributed by atoms with Crippen LogP contribution in [-0.2, 0) is 11.2 Å². The number of nitriles is 1. The number of carbonyl (C=O) groups is 1. The SMILES string of the molecule is CC1CC(C#N)(C(=O)N2CCCc3ccccc32)C1. The highest BCUT2D eigenvalue weighted by Crippen LogP contribution is 2.47. The lowest BCUT2D eigenvalue weighted by Gasteiger charge is -2.43. The second kappa shape index (κ2) is 4.38. The lowest BCUT2D eigenvalue weighted by Crippen LogP contribution is -2.51. The molecule has 1 aliphatic heterocycles. The minimum atomic E-state index is -0.760. The van der Waals surface area contributed by atoms with Gasteiger partial charge in [0.25, 0.3) is 0 Å². The number of carbonyl (C=O) groups excluding carboxylic acids is 1. The van der Waals surface area contributed by atoms with Crippen molar-refractivity contribution in [1.82, 2.24) is 0 Å². The van der Waals surface area contributed by atoms with Crippen molar-refractivity contribution in [2.24, 2.45) is 11.3 Å². The van der Waals surface area contributed by atoms with Gasteiger partial charge in [-0.05, 0) is 43.2 Å². The van der Waals surface area contributed by atoms with Gasteiger partial charge in [0.1, 0.15) is 5.41 Å². The number of nitrogens with zero attached hydrogens (tertiary/aromatic N) is 2. The summed E-state index contributed by atoms with van der Waals surface area (Å²) in [7, 11) is 0. The summed E-state index contributed by atoms with van der Waals surface area (Å²) in [5, 5.41) is 9.41. The molecule has 3 rings (SSSR count). The summed E-state index contributed by atoms with van der Waals surface area (Å²) in [5.74, 6) is 0.504. The first-order chi connectivity index (χ1) is 9.16. The van der Waals surface area contributed by atoms with Crippen LogP contribution in [0.1, 0.15) is 31.7 Å². The Hall–Kier alpha value is -1.82. The normalized spacial score (nSPS) is 29.1. The van der Waals surface area contributed by atoms with Crippen molar-refractivity contribution in [1.29, 1.82) is 5.26 Å². The summed E-state index contributed by atoms with van der Waals surface area (Å²) in [4.78, 5) is 14.6. The highest BCUT2D eigenvalue weighted by atomic mass is 16.2. The molecule has 1 aromatic rings. The zero-order valence-corrected chi connectivity index (χ0v) is 11.2. The zero-order chi connectivity index (χ0) is 13.5. The maximum atomic E-state index is 12.7. The Kier molecular flexibility index (Phi) is 2.82. The summed E-state index contributed by atoms with van der Waals surface area (Å²) in [6.07, 6.45) is 3.43. The number of para-hydroxylation sites is 1. The van der Waals surface area contributed by atoms with Crippen LogP contribution in [0.4, 0.5) is 5.69 Å². The van der Waals surface area contributed by atoms with Gasteiger partial charge in [-0.25, -0.2) is 0 Å². The summed E-state index contributed by atoms with van der Waals surface area (Å²) in [6.45, 7) is 2.85. The fourth-order valence-electron chi connectivity index (χ4n) is 3.45. The lowest BCUT2D eigenvalue weighted by molar-refractivity contribution is -0.131. The highest BCUT2D eigenvalue weighted by Gasteiger charge is 2.51. The third-order valence-electron chi connectivity index (χ3n) is 4.37. The number of rotatable bonds is 1. The van der Waals surface area contributed by atoms with E-state index in [1.165, 1.54) is 5.56 Å². The molecule has 1 aliphatic carbocycles. The number of fused-ring (bicyclic) bond motifs is 1. The molecule has 1 aromatic carbocycles. The van der Waals surface area contributed by atoms with Gasteiger partial charge >= 0.3 is 0 Å². The Bertz CT molecular complexity index is 552. The first-order valence-electron chi connectivity index (χ1n) is 6.97. The van der Waals surface area contributed by atoms with Crippen molar-refractivity contribution in [3.05, 3.63) is 29.8 Å². The third-order valence-corrected chi connectivity index (χ3v) is 4.37. The van der Waals surface area contributed by atoms with E-state index in [1.807, 2.05) is 23.1 Å². The van der Waals surface area contributed by atoms with Crippen LogP contribution in [-0.4, -0.2) is 12.5 Å². The Morgan fingerprint density at radius 1 is 1.42 bits per heavy atom. The molecule has 0 atom stereocenters. The van der Waals surface area contributed by atoms with Gasteiger partial charge in [0.2, 0.25) is 5.91 Å². The first kappa shape index (κ1) is 12.2. The molecule has 2 aliphatic rings. The van der Waals surface area contributed by atoms with Gasteiger partial charge in [0.15, 0.2) is 0 Å². The van der Waals surface area contributed by atoms with Crippen LogP contribution in [0.3, 0.4) is 0 Å². The molecule has 0 bridgehead atoms. The van der Waals surface area contributed by atoms with E-state index in [2.05, 4.69) is 19.1 Å². The Balaban J connectivity index is 1.92. The molecular weight excluding hydrogens is 236 g/mol. The van der Waals surface area contributed by atoms with Crippen LogP contribution < -0.4 is 4.90 Å². The van der Waals surface area contributed by atoms with Crippen LogP contribution in [0.15, 0.2) is 24.3 Å². The molecule has 98 valence electrons. The second-order valence-corrected chi connectivity index (χ2v) is 5.90. The number of hydrogen-bond acceptors (Lipinski definition) is 2. The van der Waals surface area contributed by atoms with E-state index in [-0.39, 0.29) is 5.91 Å². The Labute approximate surface area is 113 Å². The molecule has 19 heavy (non-hydrogen) atoms. The molecule has 0 aromatic heterocycles. The fraction of sp³-hybridized carbons (Fsp3) is 0.500. The fourth-order valence-corrected chi connectivity index (χ4v) is 3.45. The second-order valence-electron chi connectivity index (χ2n) is 5.90. The van der Waals surface area contributed by atoms with Crippen molar-refractivity contribution < 1.29 is 4.79 Å². The van der Waals surface area contributed by atoms with Crippen LogP contribution in [0.5, 0.6) is 0 Å². The van der Waals surface area contributed by atoms with E-state index in [4.69, 9.17) is 0 Å². The van der Waals surface area contributed by atoms with Gasteiger partial charge in [-0.3, -0.25) is 4.79 Å². The molecule has 0 spiro atoms. The minimum Gasteiger partial charge on any atom is -0.311 e. The van der Waals surface area contributed by atoms with Crippen LogP contribution in [0, 0.1) is 22.7 Å². The van der Waals surface area contributed by atoms with E-state index < -0.39 is 5.41 Å². The average molecular weight is 254 g/mol. The topological polar surface area (TPSA) is 44.1 Å². The molecule has 3 nitrogen and oxygen atoms in total. The molecule has 1 amide bonds. The molecular formula is C16H18N2O. The Morgan fingerprint density at radius 3 is 2.84 bits per heavy atom. The molecule has 0 N–H and O–H groups in total. The maximum absolute atomic E-state index is 12.7. The first-order valence-corrected chi connectivity index (χ1v) is 6.97. The van der Waals surface area contributed by atoms with E-state index in [1.54, 1.807) is 0 Å². The smallest absolute Gasteiger partial charge is 0.247 e. The third kappa shape index (κ3) is 1.83. The van der Waals surface area contributed by atoms with Crippen molar-refractivity contribution in [3.8, 4) is 6.07 Å². The molecule has 0 saturated heterocycles. The van der Waals surface area contributed by atoms with Crippen molar-refractivity contribution in [2.45, 2.75) is 32.6 Å². The molecule has 0 unspecified atom stereocenters. The van der Waals surface area contributed by atoms with Gasteiger partial charge in [0, 0.05) is 12.2 Å². The quantitative estimate of drug-likeness (QED) is 0.773. The lowest BCUT2D eigenvalue weighted by atomic mass is 9.62. The number of amides is 1. The molecule has 1 saturated carbocycles. The number of aryl methyl sites for hydroxylation is 1. The summed E-state index contributed by atoms with van der Waals surface area (Å²) in [6, 6.07) is 10.3. The molecule has 3 heteroatoms. The number of hydrogen-bond donors (Lipinski definition) is 0. The number of benzene rings is 1. The van der Waals surface area contributed by atoms with Gasteiger partial charge in [-0.15, -0.1) is 0 Å². The summed E-state index contributed by atoms with van der Waals surface area (Å²) in [5.41, 5.74) is 1.47. The summed E-state index contributed by atoms with van der Waals surface area (Å²) < 4.78 is 0. The number of anilines is 1. The molecule has 1 fully saturated rings. The van der Waals surface area contributed by atoms with Gasteiger partial charge in [-0.2, -0.15) is 5.26 Å². The standard InChI is InChI=1S/C16H18N2O/c1-12-9-16(10-12,11-17)15(19)18-8-4-6-13-5-2-3-7-14(13)18/h2-3,5,7,12H,4,6,8-10H2,1H3. The Morgan fingerprint density at radius 2 is 2.16 bits per heavy atom. The van der Waals surface area contributed by atoms with E-state index >= 15 is 0 Å². The zero-order valence-electron chi connectivity index (χ0n) is 11.2. The van der Waals surface area contributed by atoms with Gasteiger partial charge < -0.3 is 4.90 Å². The predicted octanol–water partition coefficient (Wildman–Crippen LogP) is 2.91. The monoisotopic (exact) mass is 254 g/mol. The van der Waals surface area contributed by atoms with Crippen molar-refractivity contribution >= 4 is 11.6 Å². The molecule has 0 radical (unpaired) electrons. The summed E-state index contributed by atoms with van der Waals surface area (Å²) >= 11 is 0. The molecule has 1 heterocycles. The largest absolute Gasteiger partial charge is 0.311 e. The van der Waals surface area contributed by atoms with Gasteiger partial charge in [0.05, 0.1) is 6.07 Å². The van der Waals surface area contributed by atoms with Crippen LogP contribution in [0.25, 0.3) is 0 Å². The van der Waals surface area contributed by atoms with E-state index in [0.717, 1.165) is 25.1 Å². The van der Waals surface area contributed by atoms with E-state index in [0.29, 0.717) is 18.8 Å². The highest BCUT2D eigenvalue weighted by molar-refractivity contribution is 6.00. The predicted molar refractivity (Wildman–Crippen MR) is 73.6 cm³/mol. The minimum absolute atomic E-state index is 0.0141. The van der Waals surface area contributed by atoms with Crippen LogP contribution >= 0.6 is 0 Å². The van der Waals surface area contributed by atoms with Crippen molar-refractivity contribution in [3.63, 3.8) is 0 Å². The maximum Gasteiger partial charge on any atom is 0.247 e. The van der Waals surface area contributed by atoms with Crippen molar-refractivity contribution in [2.75, 3.05) is 11.4 Å². The van der Waals surface area contributed by atoms with E-state index in [9.17, 15) is 10.1 Å². The van der Waals surface area contributed by atoms with Gasteiger partial charge in [-0.1, -0.05) is 25.1 Å².